The monoisotopic (exact) mass is 283 g/mol. The van der Waals surface area contributed by atoms with Gasteiger partial charge in [0.1, 0.15) is 5.75 Å². The van der Waals surface area contributed by atoms with Gasteiger partial charge in [0.15, 0.2) is 0 Å². The van der Waals surface area contributed by atoms with Gasteiger partial charge in [-0.2, -0.15) is 0 Å². The predicted octanol–water partition coefficient (Wildman–Crippen LogP) is 3.40. The fraction of sp³-hybridized carbons (Fsp3) is 0.389. The molecule has 1 aliphatic carbocycles. The summed E-state index contributed by atoms with van der Waals surface area (Å²) in [6.07, 6.45) is 3.31. The largest absolute Gasteiger partial charge is 0.497 e. The highest BCUT2D eigenvalue weighted by atomic mass is 16.5. The molecule has 0 bridgehead atoms. The zero-order valence-corrected chi connectivity index (χ0v) is 12.6. The number of carbonyl (C=O) groups excluding carboxylic acids is 1. The van der Waals surface area contributed by atoms with Crippen molar-refractivity contribution in [3.63, 3.8) is 0 Å². The molecule has 1 N–H and O–H groups in total. The van der Waals surface area contributed by atoms with Crippen LogP contribution in [-0.4, -0.2) is 19.6 Å². The maximum Gasteiger partial charge on any atom is 0.216 e. The summed E-state index contributed by atoms with van der Waals surface area (Å²) in [7, 11) is 1.71. The average Bonchev–Trinajstić information content (AvgIpc) is 2.90. The van der Waals surface area contributed by atoms with E-state index in [1.54, 1.807) is 14.0 Å². The molecule has 1 aliphatic rings. The molecule has 2 aromatic rings. The maximum atomic E-state index is 11.0. The van der Waals surface area contributed by atoms with Crippen LogP contribution >= 0.6 is 0 Å². The third-order valence-electron chi connectivity index (χ3n) is 4.40. The SMILES string of the molecule is COc1ccc2ccc3c(c2c1)C(CCNC(C)=O)CC3. The van der Waals surface area contributed by atoms with Gasteiger partial charge < -0.3 is 10.1 Å². The summed E-state index contributed by atoms with van der Waals surface area (Å²) < 4.78 is 5.37. The van der Waals surface area contributed by atoms with Crippen molar-refractivity contribution in [1.82, 2.24) is 5.32 Å². The smallest absolute Gasteiger partial charge is 0.216 e. The summed E-state index contributed by atoms with van der Waals surface area (Å²) in [6.45, 7) is 2.32. The fourth-order valence-corrected chi connectivity index (χ4v) is 3.38. The molecule has 0 aromatic heterocycles. The van der Waals surface area contributed by atoms with Crippen LogP contribution in [0.25, 0.3) is 10.8 Å². The van der Waals surface area contributed by atoms with Gasteiger partial charge in [-0.05, 0) is 59.2 Å². The highest BCUT2D eigenvalue weighted by molar-refractivity contribution is 5.89. The number of methoxy groups -OCH3 is 1. The molecule has 0 saturated heterocycles. The molecule has 0 radical (unpaired) electrons. The van der Waals surface area contributed by atoms with Gasteiger partial charge in [-0.15, -0.1) is 0 Å². The number of benzene rings is 2. The van der Waals surface area contributed by atoms with E-state index in [1.807, 2.05) is 6.07 Å². The molecule has 3 heteroatoms. The molecule has 3 nitrogen and oxygen atoms in total. The third-order valence-corrected chi connectivity index (χ3v) is 4.40. The highest BCUT2D eigenvalue weighted by Gasteiger charge is 2.24. The summed E-state index contributed by atoms with van der Waals surface area (Å²) >= 11 is 0. The Kier molecular flexibility index (Phi) is 3.82. The molecule has 1 amide bonds. The van der Waals surface area contributed by atoms with Gasteiger partial charge in [0.2, 0.25) is 5.91 Å². The number of hydrogen-bond donors (Lipinski definition) is 1. The van der Waals surface area contributed by atoms with Crippen molar-refractivity contribution in [2.75, 3.05) is 13.7 Å². The summed E-state index contributed by atoms with van der Waals surface area (Å²) in [5.74, 6) is 1.49. The van der Waals surface area contributed by atoms with Gasteiger partial charge >= 0.3 is 0 Å². The first-order valence-corrected chi connectivity index (χ1v) is 7.53. The van der Waals surface area contributed by atoms with Gasteiger partial charge in [-0.1, -0.05) is 18.2 Å². The summed E-state index contributed by atoms with van der Waals surface area (Å²) in [5, 5.41) is 5.48. The number of fused-ring (bicyclic) bond motifs is 3. The average molecular weight is 283 g/mol. The van der Waals surface area contributed by atoms with E-state index in [0.717, 1.165) is 25.1 Å². The molecule has 0 spiro atoms. The number of carbonyl (C=O) groups is 1. The van der Waals surface area contributed by atoms with Crippen molar-refractivity contribution in [3.8, 4) is 5.75 Å². The van der Waals surface area contributed by atoms with Crippen LogP contribution in [0, 0.1) is 0 Å². The fourth-order valence-electron chi connectivity index (χ4n) is 3.38. The lowest BCUT2D eigenvalue weighted by Crippen LogP contribution is -2.22. The Morgan fingerprint density at radius 2 is 2.14 bits per heavy atom. The zero-order valence-electron chi connectivity index (χ0n) is 12.6. The van der Waals surface area contributed by atoms with E-state index in [9.17, 15) is 4.79 Å². The van der Waals surface area contributed by atoms with Gasteiger partial charge in [0.25, 0.3) is 0 Å². The van der Waals surface area contributed by atoms with E-state index in [1.165, 1.54) is 28.3 Å². The van der Waals surface area contributed by atoms with E-state index in [-0.39, 0.29) is 5.91 Å². The van der Waals surface area contributed by atoms with Crippen molar-refractivity contribution in [2.45, 2.75) is 32.1 Å². The Labute approximate surface area is 125 Å². The molecular weight excluding hydrogens is 262 g/mol. The van der Waals surface area contributed by atoms with Gasteiger partial charge in [-0.3, -0.25) is 4.79 Å². The van der Waals surface area contributed by atoms with Crippen LogP contribution in [0.2, 0.25) is 0 Å². The first kappa shape index (κ1) is 13.9. The lowest BCUT2D eigenvalue weighted by molar-refractivity contribution is -0.118. The number of amides is 1. The minimum Gasteiger partial charge on any atom is -0.497 e. The lowest BCUT2D eigenvalue weighted by atomic mass is 9.92. The van der Waals surface area contributed by atoms with Crippen molar-refractivity contribution in [2.24, 2.45) is 0 Å². The van der Waals surface area contributed by atoms with Crippen LogP contribution in [0.3, 0.4) is 0 Å². The summed E-state index contributed by atoms with van der Waals surface area (Å²) in [6, 6.07) is 10.7. The van der Waals surface area contributed by atoms with Gasteiger partial charge in [0, 0.05) is 13.5 Å². The molecule has 1 atom stereocenters. The van der Waals surface area contributed by atoms with Crippen LogP contribution in [0.5, 0.6) is 5.75 Å². The Hall–Kier alpha value is -2.03. The van der Waals surface area contributed by atoms with Crippen LogP contribution in [-0.2, 0) is 11.2 Å². The van der Waals surface area contributed by atoms with Crippen molar-refractivity contribution >= 4 is 16.7 Å². The number of ether oxygens (including phenoxy) is 1. The van der Waals surface area contributed by atoms with Crippen LogP contribution < -0.4 is 10.1 Å². The number of nitrogens with one attached hydrogen (secondary N) is 1. The van der Waals surface area contributed by atoms with Crippen LogP contribution in [0.1, 0.15) is 36.8 Å². The Morgan fingerprint density at radius 3 is 2.90 bits per heavy atom. The van der Waals surface area contributed by atoms with Gasteiger partial charge in [-0.25, -0.2) is 0 Å². The van der Waals surface area contributed by atoms with Gasteiger partial charge in [0.05, 0.1) is 7.11 Å². The number of aryl methyl sites for hydroxylation is 1. The van der Waals surface area contributed by atoms with Crippen molar-refractivity contribution in [1.29, 1.82) is 0 Å². The minimum atomic E-state index is 0.0489. The summed E-state index contributed by atoms with van der Waals surface area (Å²) in [4.78, 5) is 11.0. The quantitative estimate of drug-likeness (QED) is 0.934. The maximum absolute atomic E-state index is 11.0. The van der Waals surface area contributed by atoms with E-state index < -0.39 is 0 Å². The molecule has 110 valence electrons. The second kappa shape index (κ2) is 5.76. The molecule has 0 fully saturated rings. The third kappa shape index (κ3) is 2.73. The Bertz CT molecular complexity index is 678. The number of hydrogen-bond acceptors (Lipinski definition) is 2. The molecule has 0 heterocycles. The van der Waals surface area contributed by atoms with E-state index >= 15 is 0 Å². The Morgan fingerprint density at radius 1 is 1.33 bits per heavy atom. The topological polar surface area (TPSA) is 38.3 Å². The highest BCUT2D eigenvalue weighted by Crippen LogP contribution is 2.40. The zero-order chi connectivity index (χ0) is 14.8. The first-order valence-electron chi connectivity index (χ1n) is 7.53. The van der Waals surface area contributed by atoms with Crippen LogP contribution in [0.15, 0.2) is 30.3 Å². The normalized spacial score (nSPS) is 16.8. The molecule has 1 unspecified atom stereocenters. The van der Waals surface area contributed by atoms with E-state index in [0.29, 0.717) is 5.92 Å². The number of rotatable bonds is 4. The first-order chi connectivity index (χ1) is 10.2. The predicted molar refractivity (Wildman–Crippen MR) is 84.9 cm³/mol. The van der Waals surface area contributed by atoms with Crippen molar-refractivity contribution < 1.29 is 9.53 Å². The second-order valence-corrected chi connectivity index (χ2v) is 5.73. The molecule has 0 saturated carbocycles. The molecule has 2 aromatic carbocycles. The summed E-state index contributed by atoms with van der Waals surface area (Å²) in [5.41, 5.74) is 2.90. The molecule has 0 aliphatic heterocycles. The molecule has 3 rings (SSSR count). The second-order valence-electron chi connectivity index (χ2n) is 5.73. The van der Waals surface area contributed by atoms with E-state index in [4.69, 9.17) is 4.74 Å². The minimum absolute atomic E-state index is 0.0489. The lowest BCUT2D eigenvalue weighted by Gasteiger charge is -2.15. The van der Waals surface area contributed by atoms with E-state index in [2.05, 4.69) is 29.6 Å². The van der Waals surface area contributed by atoms with Crippen molar-refractivity contribution in [3.05, 3.63) is 41.5 Å². The van der Waals surface area contributed by atoms with Crippen LogP contribution in [0.4, 0.5) is 0 Å². The molecule has 21 heavy (non-hydrogen) atoms. The Balaban J connectivity index is 1.94. The molecular formula is C18H21NO2. The standard InChI is InChI=1S/C18H21NO2/c1-12(20)19-10-9-15-6-5-14-4-3-13-7-8-16(21-2)11-17(13)18(14)15/h3-4,7-8,11,15H,5-6,9-10H2,1-2H3,(H,19,20).